The topological polar surface area (TPSA) is 68.2 Å². The van der Waals surface area contributed by atoms with Gasteiger partial charge in [-0.2, -0.15) is 4.98 Å². The average molecular weight is 261 g/mol. The van der Waals surface area contributed by atoms with Crippen molar-refractivity contribution in [3.05, 3.63) is 11.7 Å². The smallest absolute Gasteiger partial charge is 0.232 e. The van der Waals surface area contributed by atoms with Crippen LogP contribution in [0.25, 0.3) is 0 Å². The molecule has 0 bridgehead atoms. The molecule has 0 amide bonds. The largest absolute Gasteiger partial charge is 0.339 e. The quantitative estimate of drug-likeness (QED) is 0.869. The van der Waals surface area contributed by atoms with Gasteiger partial charge in [0.1, 0.15) is 0 Å². The Kier molecular flexibility index (Phi) is 4.52. The Morgan fingerprint density at radius 3 is 2.65 bits per heavy atom. The fourth-order valence-electron chi connectivity index (χ4n) is 1.83. The third-order valence-corrected chi connectivity index (χ3v) is 2.78. The van der Waals surface area contributed by atoms with E-state index in [0.29, 0.717) is 11.9 Å². The van der Waals surface area contributed by atoms with Crippen molar-refractivity contribution < 1.29 is 4.52 Å². The van der Waals surface area contributed by atoms with Gasteiger partial charge in [-0.1, -0.05) is 25.9 Å². The second-order valence-electron chi connectivity index (χ2n) is 5.55. The predicted octanol–water partition coefficient (Wildman–Crippen LogP) is 1.32. The maximum atomic E-state index is 5.85. The molecule has 6 heteroatoms. The molecular formula is C11H21ClN4O. The van der Waals surface area contributed by atoms with E-state index in [0.717, 1.165) is 31.9 Å². The Bertz CT molecular complexity index is 361. The van der Waals surface area contributed by atoms with Crippen molar-refractivity contribution in [2.45, 2.75) is 45.2 Å². The first-order valence-corrected chi connectivity index (χ1v) is 5.76. The zero-order valence-corrected chi connectivity index (χ0v) is 11.5. The zero-order chi connectivity index (χ0) is 11.8. The first kappa shape index (κ1) is 14.4. The van der Waals surface area contributed by atoms with Gasteiger partial charge in [-0.15, -0.1) is 12.4 Å². The van der Waals surface area contributed by atoms with E-state index in [2.05, 4.69) is 35.8 Å². The van der Waals surface area contributed by atoms with Crippen LogP contribution in [0.1, 0.15) is 38.9 Å². The Morgan fingerprint density at radius 1 is 1.47 bits per heavy atom. The highest BCUT2D eigenvalue weighted by Gasteiger charge is 2.24. The molecule has 1 aromatic heterocycles. The number of nitrogens with two attached hydrogens (primary N) is 1. The zero-order valence-electron chi connectivity index (χ0n) is 10.6. The van der Waals surface area contributed by atoms with Crippen LogP contribution in [0.5, 0.6) is 0 Å². The van der Waals surface area contributed by atoms with Crippen molar-refractivity contribution in [2.75, 3.05) is 13.1 Å². The average Bonchev–Trinajstić information content (AvgIpc) is 2.74. The molecule has 17 heavy (non-hydrogen) atoms. The van der Waals surface area contributed by atoms with Gasteiger partial charge in [0.15, 0.2) is 5.82 Å². The molecule has 1 aromatic rings. The molecule has 1 fully saturated rings. The molecule has 98 valence electrons. The van der Waals surface area contributed by atoms with Gasteiger partial charge >= 0.3 is 0 Å². The highest BCUT2D eigenvalue weighted by Crippen LogP contribution is 2.20. The molecule has 1 aliphatic heterocycles. The van der Waals surface area contributed by atoms with Crippen molar-refractivity contribution >= 4 is 12.4 Å². The lowest BCUT2D eigenvalue weighted by atomic mass is 9.97. The van der Waals surface area contributed by atoms with Gasteiger partial charge in [-0.3, -0.25) is 4.90 Å². The summed E-state index contributed by atoms with van der Waals surface area (Å²) in [7, 11) is 0. The molecule has 0 aromatic carbocycles. The summed E-state index contributed by atoms with van der Waals surface area (Å²) < 4.78 is 5.25. The van der Waals surface area contributed by atoms with Crippen LogP contribution in [0.4, 0.5) is 0 Å². The first-order chi connectivity index (χ1) is 7.45. The van der Waals surface area contributed by atoms with Crippen LogP contribution in [-0.4, -0.2) is 34.2 Å². The lowest BCUT2D eigenvalue weighted by molar-refractivity contribution is 0.296. The minimum atomic E-state index is -0.0767. The van der Waals surface area contributed by atoms with Crippen molar-refractivity contribution in [1.82, 2.24) is 15.0 Å². The maximum Gasteiger partial charge on any atom is 0.232 e. The normalized spacial score (nSPS) is 21.5. The van der Waals surface area contributed by atoms with Crippen LogP contribution in [0.15, 0.2) is 4.52 Å². The molecule has 1 saturated heterocycles. The summed E-state index contributed by atoms with van der Waals surface area (Å²) in [6.45, 7) is 8.90. The molecule has 2 N–H and O–H groups in total. The van der Waals surface area contributed by atoms with Gasteiger partial charge in [0.2, 0.25) is 5.89 Å². The predicted molar refractivity (Wildman–Crippen MR) is 68.1 cm³/mol. The molecule has 2 heterocycles. The second-order valence-corrected chi connectivity index (χ2v) is 5.55. The minimum Gasteiger partial charge on any atom is -0.339 e. The Hall–Kier alpha value is -0.650. The van der Waals surface area contributed by atoms with Gasteiger partial charge in [-0.25, -0.2) is 0 Å². The second kappa shape index (κ2) is 5.33. The molecule has 1 unspecified atom stereocenters. The van der Waals surface area contributed by atoms with Crippen molar-refractivity contribution in [2.24, 2.45) is 5.73 Å². The summed E-state index contributed by atoms with van der Waals surface area (Å²) >= 11 is 0. The van der Waals surface area contributed by atoms with E-state index in [1.165, 1.54) is 0 Å². The third-order valence-electron chi connectivity index (χ3n) is 2.78. The molecule has 0 radical (unpaired) electrons. The fraction of sp³-hybridized carbons (Fsp3) is 0.818. The van der Waals surface area contributed by atoms with Crippen LogP contribution in [0.3, 0.4) is 0 Å². The number of hydrogen-bond donors (Lipinski definition) is 1. The number of aromatic nitrogens is 2. The Labute approximate surface area is 108 Å². The lowest BCUT2D eigenvalue weighted by Gasteiger charge is -2.12. The SMILES string of the molecule is CC(C)(C)c1nc(CN2CCC(N)C2)no1.Cl. The van der Waals surface area contributed by atoms with E-state index in [4.69, 9.17) is 10.3 Å². The summed E-state index contributed by atoms with van der Waals surface area (Å²) in [4.78, 5) is 6.68. The molecule has 1 atom stereocenters. The van der Waals surface area contributed by atoms with E-state index in [9.17, 15) is 0 Å². The Morgan fingerprint density at radius 2 is 2.18 bits per heavy atom. The summed E-state index contributed by atoms with van der Waals surface area (Å²) in [5, 5.41) is 4.00. The van der Waals surface area contributed by atoms with Crippen LogP contribution in [0.2, 0.25) is 0 Å². The molecule has 5 nitrogen and oxygen atoms in total. The van der Waals surface area contributed by atoms with E-state index in [-0.39, 0.29) is 17.8 Å². The van der Waals surface area contributed by atoms with Gasteiger partial charge < -0.3 is 10.3 Å². The molecule has 0 spiro atoms. The summed E-state index contributed by atoms with van der Waals surface area (Å²) in [5.74, 6) is 1.46. The number of hydrogen-bond acceptors (Lipinski definition) is 5. The van der Waals surface area contributed by atoms with E-state index < -0.39 is 0 Å². The Balaban J connectivity index is 0.00000144. The summed E-state index contributed by atoms with van der Waals surface area (Å²) in [5.41, 5.74) is 5.77. The minimum absolute atomic E-state index is 0. The molecule has 2 rings (SSSR count). The monoisotopic (exact) mass is 260 g/mol. The molecular weight excluding hydrogens is 240 g/mol. The molecule has 0 saturated carbocycles. The van der Waals surface area contributed by atoms with Crippen molar-refractivity contribution in [3.8, 4) is 0 Å². The van der Waals surface area contributed by atoms with Crippen molar-refractivity contribution in [3.63, 3.8) is 0 Å². The van der Waals surface area contributed by atoms with E-state index >= 15 is 0 Å². The standard InChI is InChI=1S/C11H20N4O.ClH/c1-11(2,3)10-13-9(14-16-10)7-15-5-4-8(12)6-15;/h8H,4-7,12H2,1-3H3;1H. The first-order valence-electron chi connectivity index (χ1n) is 5.76. The van der Waals surface area contributed by atoms with E-state index in [1.807, 2.05) is 0 Å². The van der Waals surface area contributed by atoms with E-state index in [1.54, 1.807) is 0 Å². The van der Waals surface area contributed by atoms with Crippen LogP contribution in [-0.2, 0) is 12.0 Å². The van der Waals surface area contributed by atoms with Crippen LogP contribution < -0.4 is 5.73 Å². The number of nitrogens with zero attached hydrogens (tertiary/aromatic N) is 3. The highest BCUT2D eigenvalue weighted by molar-refractivity contribution is 5.85. The van der Waals surface area contributed by atoms with Gasteiger partial charge in [0.05, 0.1) is 6.54 Å². The van der Waals surface area contributed by atoms with Crippen LogP contribution in [0, 0.1) is 0 Å². The lowest BCUT2D eigenvalue weighted by Crippen LogP contribution is -2.26. The third kappa shape index (κ3) is 3.66. The molecule has 1 aliphatic rings. The fourth-order valence-corrected chi connectivity index (χ4v) is 1.83. The van der Waals surface area contributed by atoms with Crippen molar-refractivity contribution in [1.29, 1.82) is 0 Å². The van der Waals surface area contributed by atoms with Gasteiger partial charge in [0, 0.05) is 24.5 Å². The number of likely N-dealkylation sites (tertiary alicyclic amines) is 1. The maximum absolute atomic E-state index is 5.85. The van der Waals surface area contributed by atoms with Crippen LogP contribution >= 0.6 is 12.4 Å². The number of halogens is 1. The summed E-state index contributed by atoms with van der Waals surface area (Å²) in [6, 6.07) is 0.300. The highest BCUT2D eigenvalue weighted by atomic mass is 35.5. The van der Waals surface area contributed by atoms with Gasteiger partial charge in [0.25, 0.3) is 0 Å². The summed E-state index contributed by atoms with van der Waals surface area (Å²) in [6.07, 6.45) is 1.06. The van der Waals surface area contributed by atoms with Gasteiger partial charge in [-0.05, 0) is 6.42 Å². The number of rotatable bonds is 2. The molecule has 0 aliphatic carbocycles.